The van der Waals surface area contributed by atoms with Gasteiger partial charge in [-0.15, -0.1) is 0 Å². The number of nitrogens with two attached hydrogens (primary N) is 1. The highest BCUT2D eigenvalue weighted by Crippen LogP contribution is 2.26. The van der Waals surface area contributed by atoms with Crippen LogP contribution in [0.2, 0.25) is 0 Å². The van der Waals surface area contributed by atoms with Gasteiger partial charge in [-0.1, -0.05) is 55.8 Å². The minimum absolute atomic E-state index is 0.423. The van der Waals surface area contributed by atoms with Gasteiger partial charge < -0.3 is 5.73 Å². The fourth-order valence-electron chi connectivity index (χ4n) is 2.41. The van der Waals surface area contributed by atoms with Crippen LogP contribution in [0.5, 0.6) is 0 Å². The van der Waals surface area contributed by atoms with Gasteiger partial charge in [0, 0.05) is 18.2 Å². The van der Waals surface area contributed by atoms with Crippen molar-refractivity contribution in [3.8, 4) is 22.5 Å². The van der Waals surface area contributed by atoms with E-state index in [1.165, 1.54) is 5.56 Å². The van der Waals surface area contributed by atoms with Crippen LogP contribution in [-0.4, -0.2) is 15.7 Å². The molecule has 124 valence electrons. The zero-order valence-corrected chi connectivity index (χ0v) is 14.6. The molecule has 0 saturated carbocycles. The first-order valence-electron chi connectivity index (χ1n) is 8.06. The van der Waals surface area contributed by atoms with Crippen molar-refractivity contribution in [3.05, 3.63) is 65.7 Å². The lowest BCUT2D eigenvalue weighted by Gasteiger charge is -2.01. The van der Waals surface area contributed by atoms with Crippen LogP contribution in [0.1, 0.15) is 29.8 Å². The van der Waals surface area contributed by atoms with E-state index in [0.29, 0.717) is 5.56 Å². The number of aryl methyl sites for hydroxylation is 2. The van der Waals surface area contributed by atoms with Crippen molar-refractivity contribution in [1.29, 1.82) is 0 Å². The lowest BCUT2D eigenvalue weighted by molar-refractivity contribution is 0.100. The highest BCUT2D eigenvalue weighted by Gasteiger charge is 2.09. The second kappa shape index (κ2) is 7.59. The van der Waals surface area contributed by atoms with Gasteiger partial charge in [-0.25, -0.2) is 0 Å². The number of nitrogens with zero attached hydrogens (tertiary/aromatic N) is 2. The quantitative estimate of drug-likeness (QED) is 0.786. The van der Waals surface area contributed by atoms with Crippen LogP contribution in [0.3, 0.4) is 0 Å². The van der Waals surface area contributed by atoms with Gasteiger partial charge in [0.1, 0.15) is 0 Å². The molecule has 1 heterocycles. The summed E-state index contributed by atoms with van der Waals surface area (Å²) >= 11 is 0. The van der Waals surface area contributed by atoms with Crippen LogP contribution in [0.25, 0.3) is 22.5 Å². The van der Waals surface area contributed by atoms with Gasteiger partial charge in [-0.05, 0) is 30.7 Å². The molecule has 0 aliphatic carbocycles. The summed E-state index contributed by atoms with van der Waals surface area (Å²) < 4.78 is 1.86. The summed E-state index contributed by atoms with van der Waals surface area (Å²) in [6, 6.07) is 17.6. The molecule has 0 aliphatic heterocycles. The van der Waals surface area contributed by atoms with Crippen LogP contribution in [0.4, 0.5) is 0 Å². The van der Waals surface area contributed by atoms with E-state index in [2.05, 4.69) is 36.3 Å². The molecule has 0 bridgehead atoms. The molecule has 0 saturated heterocycles. The Morgan fingerprint density at radius 2 is 1.50 bits per heavy atom. The van der Waals surface area contributed by atoms with Crippen LogP contribution in [-0.2, 0) is 7.05 Å². The van der Waals surface area contributed by atoms with Crippen LogP contribution in [0.15, 0.2) is 54.6 Å². The van der Waals surface area contributed by atoms with E-state index in [4.69, 9.17) is 5.73 Å². The molecule has 1 amide bonds. The molecule has 3 aromatic rings. The molecule has 2 aromatic carbocycles. The average molecular weight is 321 g/mol. The molecule has 1 aromatic heterocycles. The largest absolute Gasteiger partial charge is 0.366 e. The summed E-state index contributed by atoms with van der Waals surface area (Å²) in [5, 5.41) is 4.55. The zero-order chi connectivity index (χ0) is 17.7. The standard InChI is InChI=1S/C18H17N3O.C2H6/c1-12-3-5-14(6-4-12)17-11-16(20-21(17)2)13-7-9-15(10-8-13)18(19)22;1-2/h3-11H,1-2H3,(H2,19,22);1-2H3. The number of hydrogen-bond acceptors (Lipinski definition) is 2. The molecule has 0 fully saturated rings. The number of aromatic nitrogens is 2. The van der Waals surface area contributed by atoms with Crippen molar-refractivity contribution in [2.24, 2.45) is 12.8 Å². The predicted molar refractivity (Wildman–Crippen MR) is 98.7 cm³/mol. The molecule has 0 aliphatic rings. The van der Waals surface area contributed by atoms with Gasteiger partial charge >= 0.3 is 0 Å². The van der Waals surface area contributed by atoms with Crippen molar-refractivity contribution in [3.63, 3.8) is 0 Å². The van der Waals surface area contributed by atoms with Gasteiger partial charge in [-0.3, -0.25) is 9.48 Å². The maximum atomic E-state index is 11.1. The Balaban J connectivity index is 0.00000100. The number of primary amides is 1. The lowest BCUT2D eigenvalue weighted by Crippen LogP contribution is -2.10. The van der Waals surface area contributed by atoms with Crippen LogP contribution in [0, 0.1) is 6.92 Å². The number of hydrogen-bond donors (Lipinski definition) is 1. The highest BCUT2D eigenvalue weighted by molar-refractivity contribution is 5.93. The molecule has 24 heavy (non-hydrogen) atoms. The van der Waals surface area contributed by atoms with E-state index in [9.17, 15) is 4.79 Å². The second-order valence-electron chi connectivity index (χ2n) is 5.35. The summed E-state index contributed by atoms with van der Waals surface area (Å²) in [6.07, 6.45) is 0. The molecule has 4 nitrogen and oxygen atoms in total. The SMILES string of the molecule is CC.Cc1ccc(-c2cc(-c3ccc(C(N)=O)cc3)nn2C)cc1. The van der Waals surface area contributed by atoms with E-state index in [1.54, 1.807) is 12.1 Å². The third kappa shape index (κ3) is 3.71. The van der Waals surface area contributed by atoms with Crippen molar-refractivity contribution >= 4 is 5.91 Å². The van der Waals surface area contributed by atoms with E-state index >= 15 is 0 Å². The molecular weight excluding hydrogens is 298 g/mol. The fraction of sp³-hybridized carbons (Fsp3) is 0.200. The highest BCUT2D eigenvalue weighted by atomic mass is 16.1. The summed E-state index contributed by atoms with van der Waals surface area (Å²) in [4.78, 5) is 11.1. The van der Waals surface area contributed by atoms with Crippen molar-refractivity contribution in [1.82, 2.24) is 9.78 Å². The van der Waals surface area contributed by atoms with Gasteiger partial charge in [0.2, 0.25) is 5.91 Å². The normalized spacial score (nSPS) is 10.0. The zero-order valence-electron chi connectivity index (χ0n) is 14.6. The number of amides is 1. The molecule has 3 rings (SSSR count). The van der Waals surface area contributed by atoms with E-state index in [1.807, 2.05) is 43.8 Å². The number of carbonyl (C=O) groups is 1. The Morgan fingerprint density at radius 1 is 0.958 bits per heavy atom. The summed E-state index contributed by atoms with van der Waals surface area (Å²) in [7, 11) is 1.93. The predicted octanol–water partition coefficient (Wildman–Crippen LogP) is 4.19. The summed E-state index contributed by atoms with van der Waals surface area (Å²) in [6.45, 7) is 6.07. The average Bonchev–Trinajstić information content (AvgIpc) is 2.99. The van der Waals surface area contributed by atoms with Crippen molar-refractivity contribution < 1.29 is 4.79 Å². The van der Waals surface area contributed by atoms with E-state index in [-0.39, 0.29) is 0 Å². The maximum absolute atomic E-state index is 11.1. The summed E-state index contributed by atoms with van der Waals surface area (Å²) in [5.74, 6) is -0.423. The van der Waals surface area contributed by atoms with Gasteiger partial charge in [0.25, 0.3) is 0 Å². The number of carbonyl (C=O) groups excluding carboxylic acids is 1. The number of benzene rings is 2. The Labute approximate surface area is 142 Å². The maximum Gasteiger partial charge on any atom is 0.248 e. The Bertz CT molecular complexity index is 815. The fourth-order valence-corrected chi connectivity index (χ4v) is 2.41. The first kappa shape index (κ1) is 17.5. The van der Waals surface area contributed by atoms with Crippen molar-refractivity contribution in [2.75, 3.05) is 0 Å². The van der Waals surface area contributed by atoms with Crippen LogP contribution >= 0.6 is 0 Å². The van der Waals surface area contributed by atoms with Gasteiger partial charge in [0.05, 0.1) is 11.4 Å². The first-order chi connectivity index (χ1) is 11.5. The first-order valence-corrected chi connectivity index (χ1v) is 8.06. The Kier molecular flexibility index (Phi) is 5.53. The number of rotatable bonds is 3. The molecule has 0 spiro atoms. The smallest absolute Gasteiger partial charge is 0.248 e. The monoisotopic (exact) mass is 321 g/mol. The molecule has 2 N–H and O–H groups in total. The Hall–Kier alpha value is -2.88. The molecular formula is C20H23N3O. The Morgan fingerprint density at radius 3 is 2.04 bits per heavy atom. The van der Waals surface area contributed by atoms with Crippen LogP contribution < -0.4 is 5.73 Å². The van der Waals surface area contributed by atoms with E-state index in [0.717, 1.165) is 22.5 Å². The second-order valence-corrected chi connectivity index (χ2v) is 5.35. The minimum atomic E-state index is -0.423. The molecule has 0 unspecified atom stereocenters. The summed E-state index contributed by atoms with van der Waals surface area (Å²) in [5.41, 5.74) is 11.0. The third-order valence-electron chi connectivity index (χ3n) is 3.69. The van der Waals surface area contributed by atoms with E-state index < -0.39 is 5.91 Å². The van der Waals surface area contributed by atoms with Crippen molar-refractivity contribution in [2.45, 2.75) is 20.8 Å². The third-order valence-corrected chi connectivity index (χ3v) is 3.69. The van der Waals surface area contributed by atoms with Gasteiger partial charge in [0.15, 0.2) is 0 Å². The molecule has 0 radical (unpaired) electrons. The lowest BCUT2D eigenvalue weighted by atomic mass is 10.1. The molecule has 0 atom stereocenters. The van der Waals surface area contributed by atoms with Gasteiger partial charge in [-0.2, -0.15) is 5.10 Å². The topological polar surface area (TPSA) is 60.9 Å². The molecule has 4 heteroatoms. The minimum Gasteiger partial charge on any atom is -0.366 e.